The average Bonchev–Trinajstić information content (AvgIpc) is 2.92. The zero-order chi connectivity index (χ0) is 14.4. The summed E-state index contributed by atoms with van der Waals surface area (Å²) in [7, 11) is 0. The van der Waals surface area contributed by atoms with Gasteiger partial charge in [-0.3, -0.25) is 4.79 Å². The molecule has 2 N–H and O–H groups in total. The predicted octanol–water partition coefficient (Wildman–Crippen LogP) is 2.16. The van der Waals surface area contributed by atoms with Gasteiger partial charge < -0.3 is 15.4 Å². The first-order valence-electron chi connectivity index (χ1n) is 6.71. The minimum Gasteiger partial charge on any atom is -0.435 e. The third-order valence-corrected chi connectivity index (χ3v) is 3.28. The van der Waals surface area contributed by atoms with Crippen LogP contribution in [-0.4, -0.2) is 31.7 Å². The van der Waals surface area contributed by atoms with Crippen LogP contribution in [0.25, 0.3) is 0 Å². The summed E-state index contributed by atoms with van der Waals surface area (Å²) >= 11 is 0. The Labute approximate surface area is 116 Å². The van der Waals surface area contributed by atoms with Gasteiger partial charge >= 0.3 is 6.61 Å². The van der Waals surface area contributed by atoms with Gasteiger partial charge in [-0.1, -0.05) is 0 Å². The standard InChI is InChI=1S/C14H18F2N2O2/c15-14(16)20-12-5-3-10(4-6-12)13(19)18-9-7-11-2-1-8-17-11/h3-6,11,14,17H,1-2,7-9H2,(H,18,19)/t11-/m1/s1. The number of hydrogen-bond acceptors (Lipinski definition) is 3. The summed E-state index contributed by atoms with van der Waals surface area (Å²) in [6.07, 6.45) is 3.23. The highest BCUT2D eigenvalue weighted by atomic mass is 19.3. The molecule has 0 aliphatic carbocycles. The molecular formula is C14H18F2N2O2. The van der Waals surface area contributed by atoms with Gasteiger partial charge in [0.05, 0.1) is 0 Å². The fraction of sp³-hybridized carbons (Fsp3) is 0.500. The lowest BCUT2D eigenvalue weighted by Gasteiger charge is -2.11. The van der Waals surface area contributed by atoms with Gasteiger partial charge in [0.1, 0.15) is 5.75 Å². The molecule has 0 radical (unpaired) electrons. The van der Waals surface area contributed by atoms with E-state index in [-0.39, 0.29) is 11.7 Å². The highest BCUT2D eigenvalue weighted by Gasteiger charge is 2.14. The van der Waals surface area contributed by atoms with E-state index in [1.807, 2.05) is 0 Å². The monoisotopic (exact) mass is 284 g/mol. The van der Waals surface area contributed by atoms with E-state index in [0.717, 1.165) is 19.4 Å². The first-order valence-corrected chi connectivity index (χ1v) is 6.71. The van der Waals surface area contributed by atoms with Crippen molar-refractivity contribution in [3.05, 3.63) is 29.8 Å². The van der Waals surface area contributed by atoms with Crippen molar-refractivity contribution in [2.45, 2.75) is 31.9 Å². The Kier molecular flexibility index (Phi) is 5.29. The highest BCUT2D eigenvalue weighted by molar-refractivity contribution is 5.94. The van der Waals surface area contributed by atoms with Crippen LogP contribution in [0, 0.1) is 0 Å². The Morgan fingerprint density at radius 3 is 2.75 bits per heavy atom. The Morgan fingerprint density at radius 2 is 2.15 bits per heavy atom. The quantitative estimate of drug-likeness (QED) is 0.841. The fourth-order valence-corrected chi connectivity index (χ4v) is 2.25. The van der Waals surface area contributed by atoms with Crippen LogP contribution in [0.1, 0.15) is 29.6 Å². The molecule has 1 aromatic rings. The molecule has 4 nitrogen and oxygen atoms in total. The summed E-state index contributed by atoms with van der Waals surface area (Å²) < 4.78 is 28.2. The lowest BCUT2D eigenvalue weighted by Crippen LogP contribution is -2.30. The minimum atomic E-state index is -2.85. The average molecular weight is 284 g/mol. The number of benzene rings is 1. The van der Waals surface area contributed by atoms with E-state index in [0.29, 0.717) is 18.2 Å². The Bertz CT molecular complexity index is 431. The molecule has 1 amide bonds. The molecule has 1 aliphatic heterocycles. The number of alkyl halides is 2. The molecule has 0 unspecified atom stereocenters. The predicted molar refractivity (Wildman–Crippen MR) is 71.0 cm³/mol. The second kappa shape index (κ2) is 7.19. The highest BCUT2D eigenvalue weighted by Crippen LogP contribution is 2.15. The van der Waals surface area contributed by atoms with Gasteiger partial charge in [0, 0.05) is 18.2 Å². The van der Waals surface area contributed by atoms with E-state index in [2.05, 4.69) is 15.4 Å². The van der Waals surface area contributed by atoms with Gasteiger partial charge in [0.25, 0.3) is 5.91 Å². The molecule has 0 bridgehead atoms. The van der Waals surface area contributed by atoms with E-state index >= 15 is 0 Å². The van der Waals surface area contributed by atoms with Gasteiger partial charge in [-0.15, -0.1) is 0 Å². The summed E-state index contributed by atoms with van der Waals surface area (Å²) in [5.74, 6) is -0.154. The summed E-state index contributed by atoms with van der Waals surface area (Å²) in [4.78, 5) is 11.8. The molecule has 0 aromatic heterocycles. The Morgan fingerprint density at radius 1 is 1.40 bits per heavy atom. The van der Waals surface area contributed by atoms with Gasteiger partial charge in [-0.2, -0.15) is 8.78 Å². The van der Waals surface area contributed by atoms with Crippen LogP contribution < -0.4 is 15.4 Å². The molecule has 20 heavy (non-hydrogen) atoms. The second-order valence-electron chi connectivity index (χ2n) is 4.74. The van der Waals surface area contributed by atoms with E-state index in [9.17, 15) is 13.6 Å². The van der Waals surface area contributed by atoms with Crippen LogP contribution in [0.2, 0.25) is 0 Å². The SMILES string of the molecule is O=C(NCC[C@H]1CCCN1)c1ccc(OC(F)F)cc1. The maximum atomic E-state index is 12.0. The number of carbonyl (C=O) groups excluding carboxylic acids is 1. The van der Waals surface area contributed by atoms with Crippen molar-refractivity contribution in [1.82, 2.24) is 10.6 Å². The van der Waals surface area contributed by atoms with Crippen LogP contribution in [0.3, 0.4) is 0 Å². The molecule has 1 saturated heterocycles. The van der Waals surface area contributed by atoms with Gasteiger partial charge in [0.2, 0.25) is 0 Å². The number of ether oxygens (including phenoxy) is 1. The van der Waals surface area contributed by atoms with Crippen LogP contribution in [0.4, 0.5) is 8.78 Å². The topological polar surface area (TPSA) is 50.4 Å². The summed E-state index contributed by atoms with van der Waals surface area (Å²) in [5.41, 5.74) is 0.436. The molecule has 1 aromatic carbocycles. The van der Waals surface area contributed by atoms with Crippen LogP contribution in [0.15, 0.2) is 24.3 Å². The summed E-state index contributed by atoms with van der Waals surface area (Å²) in [6, 6.07) is 6.15. The molecule has 110 valence electrons. The van der Waals surface area contributed by atoms with Crippen molar-refractivity contribution in [2.24, 2.45) is 0 Å². The first kappa shape index (κ1) is 14.7. The largest absolute Gasteiger partial charge is 0.435 e. The van der Waals surface area contributed by atoms with Crippen LogP contribution in [0.5, 0.6) is 5.75 Å². The van der Waals surface area contributed by atoms with Crippen molar-refractivity contribution in [2.75, 3.05) is 13.1 Å². The molecule has 6 heteroatoms. The molecule has 1 heterocycles. The summed E-state index contributed by atoms with van der Waals surface area (Å²) in [5, 5.41) is 6.18. The third kappa shape index (κ3) is 4.45. The summed E-state index contributed by atoms with van der Waals surface area (Å²) in [6.45, 7) is -1.20. The van der Waals surface area contributed by atoms with Gasteiger partial charge in [0.15, 0.2) is 0 Å². The minimum absolute atomic E-state index is 0.0479. The van der Waals surface area contributed by atoms with E-state index in [4.69, 9.17) is 0 Å². The molecule has 0 saturated carbocycles. The third-order valence-electron chi connectivity index (χ3n) is 3.28. The first-order chi connectivity index (χ1) is 9.65. The van der Waals surface area contributed by atoms with E-state index in [1.165, 1.54) is 30.7 Å². The van der Waals surface area contributed by atoms with Crippen molar-refractivity contribution >= 4 is 5.91 Å². The van der Waals surface area contributed by atoms with Gasteiger partial charge in [-0.25, -0.2) is 0 Å². The lowest BCUT2D eigenvalue weighted by molar-refractivity contribution is -0.0498. The number of nitrogens with one attached hydrogen (secondary N) is 2. The smallest absolute Gasteiger partial charge is 0.387 e. The fourth-order valence-electron chi connectivity index (χ4n) is 2.25. The van der Waals surface area contributed by atoms with Crippen molar-refractivity contribution < 1.29 is 18.3 Å². The second-order valence-corrected chi connectivity index (χ2v) is 4.74. The van der Waals surface area contributed by atoms with Crippen molar-refractivity contribution in [3.8, 4) is 5.75 Å². The maximum absolute atomic E-state index is 12.0. The van der Waals surface area contributed by atoms with Crippen molar-refractivity contribution in [3.63, 3.8) is 0 Å². The molecular weight excluding hydrogens is 266 g/mol. The van der Waals surface area contributed by atoms with E-state index < -0.39 is 6.61 Å². The zero-order valence-corrected chi connectivity index (χ0v) is 11.1. The molecule has 2 rings (SSSR count). The van der Waals surface area contributed by atoms with E-state index in [1.54, 1.807) is 0 Å². The Hall–Kier alpha value is -1.69. The molecule has 1 aliphatic rings. The molecule has 0 spiro atoms. The van der Waals surface area contributed by atoms with Crippen LogP contribution in [-0.2, 0) is 0 Å². The number of rotatable bonds is 6. The molecule has 1 fully saturated rings. The number of halogens is 2. The van der Waals surface area contributed by atoms with Gasteiger partial charge in [-0.05, 0) is 50.1 Å². The number of hydrogen-bond donors (Lipinski definition) is 2. The normalized spacial score (nSPS) is 18.2. The van der Waals surface area contributed by atoms with Crippen LogP contribution >= 0.6 is 0 Å². The molecule has 1 atom stereocenters. The maximum Gasteiger partial charge on any atom is 0.387 e. The number of carbonyl (C=O) groups is 1. The lowest BCUT2D eigenvalue weighted by atomic mass is 10.1. The number of amides is 1. The zero-order valence-electron chi connectivity index (χ0n) is 11.1. The Balaban J connectivity index is 1.76. The van der Waals surface area contributed by atoms with Crippen molar-refractivity contribution in [1.29, 1.82) is 0 Å².